The van der Waals surface area contributed by atoms with Crippen molar-refractivity contribution in [2.75, 3.05) is 5.73 Å². The highest BCUT2D eigenvalue weighted by atomic mass is 19.1. The van der Waals surface area contributed by atoms with E-state index in [0.717, 1.165) is 5.56 Å². The van der Waals surface area contributed by atoms with Gasteiger partial charge in [0, 0.05) is 12.3 Å². The van der Waals surface area contributed by atoms with Crippen LogP contribution in [-0.2, 0) is 6.42 Å². The Morgan fingerprint density at radius 3 is 2.63 bits per heavy atom. The molecule has 0 atom stereocenters. The third-order valence-electron chi connectivity index (χ3n) is 3.74. The van der Waals surface area contributed by atoms with E-state index in [1.165, 1.54) is 12.1 Å². The Labute approximate surface area is 153 Å². The number of aromatic nitrogens is 4. The Balaban J connectivity index is 1.45. The molecular formula is C19H14FN5O2. The molecule has 8 heteroatoms. The number of halogens is 1. The molecule has 3 aromatic heterocycles. The van der Waals surface area contributed by atoms with Gasteiger partial charge in [-0.15, -0.1) is 0 Å². The zero-order valence-corrected chi connectivity index (χ0v) is 14.0. The standard InChI is InChI=1S/C19H14FN5O2/c20-15-4-1-5-16(23-15)26-13-8-6-12(7-9-13)11-17-24-19(25-27-17)14-3-2-10-22-18(14)21/h1-10H,11H2,(H2,21,22). The Morgan fingerprint density at radius 1 is 1.00 bits per heavy atom. The van der Waals surface area contributed by atoms with Crippen molar-refractivity contribution in [3.05, 3.63) is 78.2 Å². The van der Waals surface area contributed by atoms with Crippen LogP contribution < -0.4 is 10.5 Å². The van der Waals surface area contributed by atoms with Gasteiger partial charge in [0.15, 0.2) is 0 Å². The quantitative estimate of drug-likeness (QED) is 0.540. The summed E-state index contributed by atoms with van der Waals surface area (Å²) in [5.74, 6) is 1.34. The van der Waals surface area contributed by atoms with Crippen molar-refractivity contribution in [1.82, 2.24) is 20.1 Å². The number of hydrogen-bond acceptors (Lipinski definition) is 7. The van der Waals surface area contributed by atoms with E-state index in [4.69, 9.17) is 15.0 Å². The highest BCUT2D eigenvalue weighted by molar-refractivity contribution is 5.67. The number of ether oxygens (including phenoxy) is 1. The summed E-state index contributed by atoms with van der Waals surface area (Å²) in [7, 11) is 0. The molecule has 0 aliphatic rings. The Kier molecular flexibility index (Phi) is 4.44. The van der Waals surface area contributed by atoms with Crippen molar-refractivity contribution in [2.45, 2.75) is 6.42 Å². The van der Waals surface area contributed by atoms with Crippen LogP contribution in [-0.4, -0.2) is 20.1 Å². The highest BCUT2D eigenvalue weighted by Gasteiger charge is 2.12. The second kappa shape index (κ2) is 7.20. The van der Waals surface area contributed by atoms with E-state index in [9.17, 15) is 4.39 Å². The van der Waals surface area contributed by atoms with Crippen molar-refractivity contribution < 1.29 is 13.7 Å². The summed E-state index contributed by atoms with van der Waals surface area (Å²) in [5.41, 5.74) is 7.40. The van der Waals surface area contributed by atoms with E-state index in [2.05, 4.69) is 20.1 Å². The van der Waals surface area contributed by atoms with Crippen LogP contribution in [0.15, 0.2) is 65.3 Å². The number of hydrogen-bond donors (Lipinski definition) is 1. The Morgan fingerprint density at radius 2 is 1.85 bits per heavy atom. The third-order valence-corrected chi connectivity index (χ3v) is 3.74. The van der Waals surface area contributed by atoms with Crippen LogP contribution in [0, 0.1) is 5.95 Å². The SMILES string of the molecule is Nc1ncccc1-c1noc(Cc2ccc(Oc3cccc(F)n3)cc2)n1. The summed E-state index contributed by atoms with van der Waals surface area (Å²) < 4.78 is 23.9. The van der Waals surface area contributed by atoms with Gasteiger partial charge >= 0.3 is 0 Å². The van der Waals surface area contributed by atoms with Crippen LogP contribution in [0.2, 0.25) is 0 Å². The average molecular weight is 363 g/mol. The third kappa shape index (κ3) is 3.90. The lowest BCUT2D eigenvalue weighted by Gasteiger charge is -2.05. The molecule has 4 aromatic rings. The minimum atomic E-state index is -0.592. The lowest BCUT2D eigenvalue weighted by Crippen LogP contribution is -1.94. The molecule has 2 N–H and O–H groups in total. The predicted molar refractivity (Wildman–Crippen MR) is 95.5 cm³/mol. The van der Waals surface area contributed by atoms with Crippen molar-refractivity contribution in [3.63, 3.8) is 0 Å². The summed E-state index contributed by atoms with van der Waals surface area (Å²) >= 11 is 0. The van der Waals surface area contributed by atoms with Crippen molar-refractivity contribution in [1.29, 1.82) is 0 Å². The molecule has 0 saturated heterocycles. The summed E-state index contributed by atoms with van der Waals surface area (Å²) in [6.07, 6.45) is 2.05. The van der Waals surface area contributed by atoms with Crippen molar-refractivity contribution in [3.8, 4) is 23.0 Å². The van der Waals surface area contributed by atoms with Gasteiger partial charge in [-0.3, -0.25) is 0 Å². The van der Waals surface area contributed by atoms with Crippen molar-refractivity contribution in [2.24, 2.45) is 0 Å². The fourth-order valence-electron chi connectivity index (χ4n) is 2.46. The first-order chi connectivity index (χ1) is 13.2. The molecule has 27 heavy (non-hydrogen) atoms. The Hall–Kier alpha value is -3.81. The minimum absolute atomic E-state index is 0.193. The van der Waals surface area contributed by atoms with Crippen molar-refractivity contribution >= 4 is 5.82 Å². The molecule has 0 aliphatic carbocycles. The predicted octanol–water partition coefficient (Wildman–Crippen LogP) is 3.63. The fraction of sp³-hybridized carbons (Fsp3) is 0.0526. The summed E-state index contributed by atoms with van der Waals surface area (Å²) in [4.78, 5) is 12.0. The smallest absolute Gasteiger partial charge is 0.231 e. The summed E-state index contributed by atoms with van der Waals surface area (Å²) in [6.45, 7) is 0. The van der Waals surface area contributed by atoms with Crippen LogP contribution in [0.1, 0.15) is 11.5 Å². The van der Waals surface area contributed by atoms with E-state index in [1.54, 1.807) is 36.5 Å². The van der Waals surface area contributed by atoms with E-state index in [1.807, 2.05) is 12.1 Å². The second-order valence-electron chi connectivity index (χ2n) is 5.67. The number of pyridine rings is 2. The Bertz CT molecular complexity index is 1070. The van der Waals surface area contributed by atoms with E-state index in [0.29, 0.717) is 35.3 Å². The largest absolute Gasteiger partial charge is 0.439 e. The monoisotopic (exact) mass is 363 g/mol. The van der Waals surface area contributed by atoms with Crippen LogP contribution >= 0.6 is 0 Å². The van der Waals surface area contributed by atoms with Crippen LogP contribution in [0.4, 0.5) is 10.2 Å². The molecule has 0 bridgehead atoms. The molecule has 0 fully saturated rings. The van der Waals surface area contributed by atoms with E-state index in [-0.39, 0.29) is 5.88 Å². The molecule has 0 radical (unpaired) electrons. The van der Waals surface area contributed by atoms with Crippen LogP contribution in [0.5, 0.6) is 11.6 Å². The zero-order chi connectivity index (χ0) is 18.6. The number of nitrogens with two attached hydrogens (primary N) is 1. The molecule has 0 aliphatic heterocycles. The molecule has 4 rings (SSSR count). The number of anilines is 1. The van der Waals surface area contributed by atoms with E-state index < -0.39 is 5.95 Å². The maximum absolute atomic E-state index is 13.1. The lowest BCUT2D eigenvalue weighted by molar-refractivity contribution is 0.385. The van der Waals surface area contributed by atoms with E-state index >= 15 is 0 Å². The fourth-order valence-corrected chi connectivity index (χ4v) is 2.46. The van der Waals surface area contributed by atoms with Gasteiger partial charge in [0.1, 0.15) is 11.6 Å². The number of nitrogens with zero attached hydrogens (tertiary/aromatic N) is 4. The van der Waals surface area contributed by atoms with Gasteiger partial charge in [0.25, 0.3) is 0 Å². The van der Waals surface area contributed by atoms with Gasteiger partial charge in [0.2, 0.25) is 23.5 Å². The highest BCUT2D eigenvalue weighted by Crippen LogP contribution is 2.23. The maximum atomic E-state index is 13.1. The topological polar surface area (TPSA) is 100.0 Å². The summed E-state index contributed by atoms with van der Waals surface area (Å²) in [6, 6.07) is 15.2. The van der Waals surface area contributed by atoms with Crippen LogP contribution in [0.25, 0.3) is 11.4 Å². The molecule has 7 nitrogen and oxygen atoms in total. The minimum Gasteiger partial charge on any atom is -0.439 e. The number of benzene rings is 1. The maximum Gasteiger partial charge on any atom is 0.231 e. The molecule has 1 aromatic carbocycles. The van der Waals surface area contributed by atoms with Gasteiger partial charge < -0.3 is 15.0 Å². The van der Waals surface area contributed by atoms with Crippen LogP contribution in [0.3, 0.4) is 0 Å². The zero-order valence-electron chi connectivity index (χ0n) is 14.0. The number of nitrogen functional groups attached to an aromatic ring is 1. The first-order valence-electron chi connectivity index (χ1n) is 8.10. The summed E-state index contributed by atoms with van der Waals surface area (Å²) in [5, 5.41) is 3.95. The first kappa shape index (κ1) is 16.6. The van der Waals surface area contributed by atoms with Gasteiger partial charge in [0.05, 0.1) is 12.0 Å². The first-order valence-corrected chi connectivity index (χ1v) is 8.10. The lowest BCUT2D eigenvalue weighted by atomic mass is 10.1. The normalized spacial score (nSPS) is 10.7. The molecule has 0 spiro atoms. The molecule has 0 saturated carbocycles. The molecule has 3 heterocycles. The second-order valence-corrected chi connectivity index (χ2v) is 5.67. The molecule has 134 valence electrons. The van der Waals surface area contributed by atoms with Gasteiger partial charge in [-0.25, -0.2) is 4.98 Å². The molecule has 0 unspecified atom stereocenters. The average Bonchev–Trinajstić information content (AvgIpc) is 3.12. The van der Waals surface area contributed by atoms with Gasteiger partial charge in [-0.2, -0.15) is 14.4 Å². The van der Waals surface area contributed by atoms with Gasteiger partial charge in [-0.1, -0.05) is 23.4 Å². The molecule has 0 amide bonds. The van der Waals surface area contributed by atoms with Gasteiger partial charge in [-0.05, 0) is 35.9 Å². The number of rotatable bonds is 5. The molecular weight excluding hydrogens is 349 g/mol.